The molecule has 4 nitrogen and oxygen atoms in total. The van der Waals surface area contributed by atoms with Gasteiger partial charge in [-0.3, -0.25) is 4.90 Å². The van der Waals surface area contributed by atoms with Crippen LogP contribution in [0, 0.1) is 0 Å². The summed E-state index contributed by atoms with van der Waals surface area (Å²) in [6.45, 7) is 4.97. The molecular weight excluding hydrogens is 213 g/mol. The number of carbonyl (C=O) groups is 1. The van der Waals surface area contributed by atoms with Crippen LogP contribution in [-0.4, -0.2) is 41.6 Å². The molecule has 0 aromatic carbocycles. The highest BCUT2D eigenvalue weighted by atomic mass is 19.1. The second-order valence-electron chi connectivity index (χ2n) is 5.23. The minimum absolute atomic E-state index is 0.199. The van der Waals surface area contributed by atoms with Gasteiger partial charge in [-0.05, 0) is 34.6 Å². The topological polar surface area (TPSA) is 38.8 Å². The molecule has 1 fully saturated rings. The Morgan fingerprint density at radius 1 is 1.69 bits per heavy atom. The molecule has 1 saturated heterocycles. The highest BCUT2D eigenvalue weighted by molar-refractivity contribution is 5.69. The zero-order valence-corrected chi connectivity index (χ0v) is 10.3. The van der Waals surface area contributed by atoms with Gasteiger partial charge >= 0.3 is 6.09 Å². The van der Waals surface area contributed by atoms with Gasteiger partial charge in [-0.2, -0.15) is 0 Å². The molecule has 94 valence electrons. The molecule has 0 radical (unpaired) electrons. The quantitative estimate of drug-likeness (QED) is 0.700. The molecular formula is C11H20FNO3. The maximum Gasteiger partial charge on any atom is 0.412 e. The summed E-state index contributed by atoms with van der Waals surface area (Å²) in [5.74, 6) is 0. The number of hydrogen-bond acceptors (Lipinski definition) is 3. The Kier molecular flexibility index (Phi) is 2.71. The normalized spacial score (nSPS) is 27.4. The third kappa shape index (κ3) is 2.84. The number of carbonyl (C=O) groups excluding carboxylic acids is 1. The summed E-state index contributed by atoms with van der Waals surface area (Å²) in [4.78, 5) is 13.0. The van der Waals surface area contributed by atoms with Crippen LogP contribution in [0.25, 0.3) is 0 Å². The molecule has 0 spiro atoms. The van der Waals surface area contributed by atoms with Gasteiger partial charge in [-0.15, -0.1) is 0 Å². The van der Waals surface area contributed by atoms with Crippen molar-refractivity contribution in [3.63, 3.8) is 0 Å². The van der Waals surface area contributed by atoms with E-state index in [0.717, 1.165) is 4.90 Å². The highest BCUT2D eigenvalue weighted by Crippen LogP contribution is 2.29. The molecule has 1 aliphatic rings. The lowest BCUT2D eigenvalue weighted by Gasteiger charge is -2.34. The molecule has 0 aromatic rings. The predicted octanol–water partition coefficient (Wildman–Crippen LogP) is 2.33. The Bertz CT molecular complexity index is 336. The highest BCUT2D eigenvalue weighted by Gasteiger charge is 2.45. The molecule has 0 bridgehead atoms. The average molecular weight is 235 g/mol. The Hall–Kier alpha value is -0.840. The summed E-state index contributed by atoms with van der Waals surface area (Å²) < 4.78 is 38.2. The number of alkyl halides is 1. The first-order chi connectivity index (χ1) is 7.84. The zero-order valence-electron chi connectivity index (χ0n) is 12.3. The Morgan fingerprint density at radius 2 is 2.25 bits per heavy atom. The summed E-state index contributed by atoms with van der Waals surface area (Å²) in [7, 11) is 0. The van der Waals surface area contributed by atoms with E-state index in [1.807, 2.05) is 0 Å². The van der Waals surface area contributed by atoms with Crippen molar-refractivity contribution >= 4 is 6.09 Å². The van der Waals surface area contributed by atoms with Gasteiger partial charge in [0.05, 0.1) is 15.4 Å². The first-order valence-electron chi connectivity index (χ1n) is 6.20. The maximum absolute atomic E-state index is 13.5. The lowest BCUT2D eigenvalue weighted by atomic mass is 10.2. The molecule has 0 saturated carbocycles. The summed E-state index contributed by atoms with van der Waals surface area (Å²) in [5.41, 5.74) is -1.82. The fraction of sp³-hybridized carbons (Fsp3) is 0.909. The first kappa shape index (κ1) is 10.3. The molecule has 5 heteroatoms. The van der Waals surface area contributed by atoms with E-state index < -0.39 is 30.1 Å². The summed E-state index contributed by atoms with van der Waals surface area (Å²) in [6, 6.07) is -1.30. The van der Waals surface area contributed by atoms with Crippen LogP contribution in [0.1, 0.15) is 37.4 Å². The Labute approximate surface area is 98.5 Å². The van der Waals surface area contributed by atoms with Crippen LogP contribution < -0.4 is 0 Å². The van der Waals surface area contributed by atoms with Crippen molar-refractivity contribution in [2.24, 2.45) is 0 Å². The van der Waals surface area contributed by atoms with Gasteiger partial charge in [0.15, 0.2) is 0 Å². The largest absolute Gasteiger partial charge is 0.444 e. The van der Waals surface area contributed by atoms with Gasteiger partial charge in [0, 0.05) is 0 Å². The van der Waals surface area contributed by atoms with Crippen LogP contribution in [-0.2, 0) is 9.47 Å². The SMILES string of the molecule is [2H]C([2H])(F)[C@H]1COC(C)(C)N1C(=O)OC(C)(C)C. The molecule has 1 atom stereocenters. The summed E-state index contributed by atoms with van der Waals surface area (Å²) >= 11 is 0. The van der Waals surface area contributed by atoms with Gasteiger partial charge < -0.3 is 9.47 Å². The number of amides is 1. The van der Waals surface area contributed by atoms with Crippen molar-refractivity contribution < 1.29 is 21.4 Å². The van der Waals surface area contributed by atoms with Crippen molar-refractivity contribution in [2.75, 3.05) is 13.2 Å². The number of nitrogens with zero attached hydrogens (tertiary/aromatic N) is 1. The number of halogens is 1. The van der Waals surface area contributed by atoms with E-state index in [1.54, 1.807) is 34.6 Å². The van der Waals surface area contributed by atoms with Crippen LogP contribution in [0.2, 0.25) is 0 Å². The van der Waals surface area contributed by atoms with Crippen LogP contribution in [0.4, 0.5) is 9.18 Å². The van der Waals surface area contributed by atoms with E-state index in [0.29, 0.717) is 0 Å². The number of rotatable bonds is 1. The predicted molar refractivity (Wildman–Crippen MR) is 57.9 cm³/mol. The summed E-state index contributed by atoms with van der Waals surface area (Å²) in [6.07, 6.45) is -0.781. The molecule has 0 aliphatic carbocycles. The summed E-state index contributed by atoms with van der Waals surface area (Å²) in [5, 5.41) is 0. The Balaban J connectivity index is 2.96. The Morgan fingerprint density at radius 3 is 2.69 bits per heavy atom. The van der Waals surface area contributed by atoms with Gasteiger partial charge in [-0.1, -0.05) is 0 Å². The van der Waals surface area contributed by atoms with E-state index in [4.69, 9.17) is 12.2 Å². The maximum atomic E-state index is 13.5. The smallest absolute Gasteiger partial charge is 0.412 e. The van der Waals surface area contributed by atoms with Crippen molar-refractivity contribution in [3.8, 4) is 0 Å². The monoisotopic (exact) mass is 235 g/mol. The molecule has 1 heterocycles. The lowest BCUT2D eigenvalue weighted by molar-refractivity contribution is -0.0631. The van der Waals surface area contributed by atoms with E-state index in [2.05, 4.69) is 0 Å². The minimum Gasteiger partial charge on any atom is -0.444 e. The molecule has 16 heavy (non-hydrogen) atoms. The lowest BCUT2D eigenvalue weighted by Crippen LogP contribution is -2.50. The van der Waals surface area contributed by atoms with Gasteiger partial charge in [-0.25, -0.2) is 9.18 Å². The fourth-order valence-corrected chi connectivity index (χ4v) is 1.54. The molecule has 1 amide bonds. The van der Waals surface area contributed by atoms with Crippen molar-refractivity contribution in [1.29, 1.82) is 0 Å². The van der Waals surface area contributed by atoms with E-state index in [-0.39, 0.29) is 6.61 Å². The van der Waals surface area contributed by atoms with Crippen LogP contribution in [0.5, 0.6) is 0 Å². The average Bonchev–Trinajstić information content (AvgIpc) is 2.36. The zero-order chi connectivity index (χ0) is 14.4. The van der Waals surface area contributed by atoms with Gasteiger partial charge in [0.2, 0.25) is 0 Å². The molecule has 1 rings (SSSR count). The van der Waals surface area contributed by atoms with Gasteiger partial charge in [0.25, 0.3) is 0 Å². The number of ether oxygens (including phenoxy) is 2. The van der Waals surface area contributed by atoms with Crippen molar-refractivity contribution in [1.82, 2.24) is 4.90 Å². The fourth-order valence-electron chi connectivity index (χ4n) is 1.54. The minimum atomic E-state index is -3.04. The van der Waals surface area contributed by atoms with Gasteiger partial charge in [0.1, 0.15) is 18.0 Å². The first-order valence-corrected chi connectivity index (χ1v) is 5.20. The molecule has 0 aromatic heterocycles. The van der Waals surface area contributed by atoms with Crippen molar-refractivity contribution in [2.45, 2.75) is 52.0 Å². The second kappa shape index (κ2) is 4.20. The van der Waals surface area contributed by atoms with Crippen LogP contribution in [0.15, 0.2) is 0 Å². The van der Waals surface area contributed by atoms with Crippen LogP contribution in [0.3, 0.4) is 0 Å². The van der Waals surface area contributed by atoms with Crippen LogP contribution >= 0.6 is 0 Å². The standard InChI is InChI=1S/C11H20FNO3/c1-10(2,3)16-9(14)13-8(6-12)7-15-11(13,4)5/h8H,6-7H2,1-5H3/t8-/m0/s1/i6D2. The third-order valence-electron chi connectivity index (χ3n) is 2.20. The van der Waals surface area contributed by atoms with E-state index >= 15 is 0 Å². The third-order valence-corrected chi connectivity index (χ3v) is 2.20. The molecule has 0 unspecified atom stereocenters. The number of hydrogen-bond donors (Lipinski definition) is 0. The second-order valence-corrected chi connectivity index (χ2v) is 5.23. The molecule has 1 aliphatic heterocycles. The molecule has 0 N–H and O–H groups in total. The van der Waals surface area contributed by atoms with E-state index in [9.17, 15) is 9.18 Å². The van der Waals surface area contributed by atoms with E-state index in [1.165, 1.54) is 0 Å². The van der Waals surface area contributed by atoms with Crippen molar-refractivity contribution in [3.05, 3.63) is 0 Å².